The van der Waals surface area contributed by atoms with Crippen molar-refractivity contribution >= 4 is 18.9 Å². The summed E-state index contributed by atoms with van der Waals surface area (Å²) in [6.45, 7) is 0. The number of fused-ring (bicyclic) bond motifs is 2. The highest BCUT2D eigenvalue weighted by Crippen LogP contribution is 2.52. The van der Waals surface area contributed by atoms with Gasteiger partial charge in [-0.05, 0) is 24.7 Å². The molecule has 1 fully saturated rings. The van der Waals surface area contributed by atoms with Gasteiger partial charge >= 0.3 is 7.87 Å². The smallest absolute Gasteiger partial charge is 0.386 e. The van der Waals surface area contributed by atoms with Crippen LogP contribution in [0.4, 0.5) is 0 Å². The molecule has 2 aliphatic carbocycles. The molecule has 2 aliphatic rings. The predicted molar refractivity (Wildman–Crippen MR) is 54.7 cm³/mol. The van der Waals surface area contributed by atoms with Crippen LogP contribution in [-0.2, 0) is 8.85 Å². The maximum absolute atomic E-state index is 6.37. The van der Waals surface area contributed by atoms with E-state index in [0.717, 1.165) is 12.3 Å². The van der Waals surface area contributed by atoms with Gasteiger partial charge in [0.1, 0.15) is 0 Å². The van der Waals surface area contributed by atoms with Crippen molar-refractivity contribution in [3.63, 3.8) is 0 Å². The second-order valence-electron chi connectivity index (χ2n) is 3.88. The van der Waals surface area contributed by atoms with Crippen molar-refractivity contribution in [2.24, 2.45) is 11.8 Å². The molecule has 0 spiro atoms. The first-order valence-corrected chi connectivity index (χ1v) is 7.57. The Morgan fingerprint density at radius 1 is 1.23 bits per heavy atom. The van der Waals surface area contributed by atoms with Gasteiger partial charge in [0.2, 0.25) is 0 Å². The van der Waals surface area contributed by atoms with Gasteiger partial charge in [-0.15, -0.1) is 0 Å². The van der Waals surface area contributed by atoms with Crippen LogP contribution in [0, 0.1) is 11.8 Å². The minimum atomic E-state index is -2.40. The van der Waals surface area contributed by atoms with Gasteiger partial charge in [0, 0.05) is 19.8 Å². The average Bonchev–Trinajstić information content (AvgIpc) is 2.77. The van der Waals surface area contributed by atoms with Crippen molar-refractivity contribution in [3.8, 4) is 0 Å². The Labute approximate surface area is 84.8 Å². The summed E-state index contributed by atoms with van der Waals surface area (Å²) < 4.78 is 10.7. The molecule has 3 unspecified atom stereocenters. The van der Waals surface area contributed by atoms with Crippen LogP contribution in [0.15, 0.2) is 12.2 Å². The Morgan fingerprint density at radius 2 is 1.92 bits per heavy atom. The summed E-state index contributed by atoms with van der Waals surface area (Å²) in [6, 6.07) is 0. The number of hydrogen-bond donors (Lipinski definition) is 0. The van der Waals surface area contributed by atoms with E-state index >= 15 is 0 Å². The van der Waals surface area contributed by atoms with E-state index in [1.54, 1.807) is 14.2 Å². The van der Waals surface area contributed by atoms with E-state index in [0.29, 0.717) is 11.5 Å². The lowest BCUT2D eigenvalue weighted by Gasteiger charge is -2.30. The zero-order valence-corrected chi connectivity index (χ0v) is 9.75. The zero-order chi connectivity index (χ0) is 9.47. The van der Waals surface area contributed by atoms with Gasteiger partial charge < -0.3 is 8.85 Å². The molecular formula is C9H15ClO2Si. The highest BCUT2D eigenvalue weighted by molar-refractivity contribution is 7.13. The first kappa shape index (κ1) is 9.71. The topological polar surface area (TPSA) is 18.5 Å². The summed E-state index contributed by atoms with van der Waals surface area (Å²) in [5.41, 5.74) is 0.444. The molecule has 0 aromatic rings. The van der Waals surface area contributed by atoms with E-state index in [2.05, 4.69) is 12.2 Å². The highest BCUT2D eigenvalue weighted by atomic mass is 35.6. The Hall–Kier alpha value is 0.167. The van der Waals surface area contributed by atoms with Gasteiger partial charge in [-0.3, -0.25) is 0 Å². The van der Waals surface area contributed by atoms with Crippen LogP contribution in [0.3, 0.4) is 0 Å². The van der Waals surface area contributed by atoms with E-state index in [1.165, 1.54) is 6.42 Å². The molecule has 0 N–H and O–H groups in total. The maximum Gasteiger partial charge on any atom is 0.446 e. The molecule has 2 rings (SSSR count). The third kappa shape index (κ3) is 1.48. The fourth-order valence-electron chi connectivity index (χ4n) is 2.56. The SMILES string of the molecule is CO[Si](Cl)(OC)C1CC2C=CC1C2. The monoisotopic (exact) mass is 218 g/mol. The van der Waals surface area contributed by atoms with E-state index < -0.39 is 7.87 Å². The van der Waals surface area contributed by atoms with Gasteiger partial charge in [-0.2, -0.15) is 0 Å². The van der Waals surface area contributed by atoms with Gasteiger partial charge in [0.25, 0.3) is 0 Å². The van der Waals surface area contributed by atoms with Crippen molar-refractivity contribution in [2.75, 3.05) is 14.2 Å². The van der Waals surface area contributed by atoms with Crippen LogP contribution < -0.4 is 0 Å². The molecule has 0 heterocycles. The zero-order valence-electron chi connectivity index (χ0n) is 8.00. The lowest BCUT2D eigenvalue weighted by Crippen LogP contribution is -2.41. The Bertz CT molecular complexity index is 228. The van der Waals surface area contributed by atoms with Crippen molar-refractivity contribution < 1.29 is 8.85 Å². The fraction of sp³-hybridized carbons (Fsp3) is 0.778. The molecule has 74 valence electrons. The third-order valence-electron chi connectivity index (χ3n) is 3.28. The molecule has 0 aliphatic heterocycles. The van der Waals surface area contributed by atoms with Crippen molar-refractivity contribution in [2.45, 2.75) is 18.4 Å². The summed E-state index contributed by atoms with van der Waals surface area (Å²) in [5, 5.41) is 0. The van der Waals surface area contributed by atoms with Crippen LogP contribution in [0.1, 0.15) is 12.8 Å². The van der Waals surface area contributed by atoms with Gasteiger partial charge in [0.05, 0.1) is 0 Å². The Balaban J connectivity index is 2.13. The number of rotatable bonds is 3. The molecule has 0 amide bonds. The second kappa shape index (κ2) is 3.39. The molecule has 0 aromatic heterocycles. The largest absolute Gasteiger partial charge is 0.446 e. The second-order valence-corrected chi connectivity index (χ2v) is 8.18. The summed E-state index contributed by atoms with van der Waals surface area (Å²) >= 11 is 6.37. The average molecular weight is 219 g/mol. The van der Waals surface area contributed by atoms with Crippen LogP contribution in [-0.4, -0.2) is 22.1 Å². The standard InChI is InChI=1S/C9H15ClO2Si/c1-11-13(10,12-2)9-6-7-3-4-8(9)5-7/h3-4,7-9H,5-6H2,1-2H3. The molecule has 4 heteroatoms. The van der Waals surface area contributed by atoms with Crippen LogP contribution >= 0.6 is 11.1 Å². The van der Waals surface area contributed by atoms with Crippen LogP contribution in [0.5, 0.6) is 0 Å². The molecule has 0 radical (unpaired) electrons. The van der Waals surface area contributed by atoms with Crippen molar-refractivity contribution in [1.82, 2.24) is 0 Å². The first-order valence-electron chi connectivity index (χ1n) is 4.67. The molecule has 2 nitrogen and oxygen atoms in total. The minimum absolute atomic E-state index is 0.444. The van der Waals surface area contributed by atoms with Crippen LogP contribution in [0.2, 0.25) is 5.54 Å². The summed E-state index contributed by atoms with van der Waals surface area (Å²) in [4.78, 5) is 0. The maximum atomic E-state index is 6.37. The molecule has 2 bridgehead atoms. The summed E-state index contributed by atoms with van der Waals surface area (Å²) in [6.07, 6.45) is 6.98. The normalized spacial score (nSPS) is 37.3. The van der Waals surface area contributed by atoms with Gasteiger partial charge in [-0.25, -0.2) is 0 Å². The minimum Gasteiger partial charge on any atom is -0.386 e. The quantitative estimate of drug-likeness (QED) is 0.412. The highest BCUT2D eigenvalue weighted by Gasteiger charge is 2.52. The predicted octanol–water partition coefficient (Wildman–Crippen LogP) is 2.42. The molecule has 13 heavy (non-hydrogen) atoms. The van der Waals surface area contributed by atoms with Crippen LogP contribution in [0.25, 0.3) is 0 Å². The van der Waals surface area contributed by atoms with Crippen molar-refractivity contribution in [3.05, 3.63) is 12.2 Å². The van der Waals surface area contributed by atoms with Crippen molar-refractivity contribution in [1.29, 1.82) is 0 Å². The number of hydrogen-bond acceptors (Lipinski definition) is 2. The Morgan fingerprint density at radius 3 is 2.31 bits per heavy atom. The molecule has 1 saturated carbocycles. The number of halogens is 1. The molecule has 0 aromatic carbocycles. The Kier molecular flexibility index (Phi) is 2.53. The first-order chi connectivity index (χ1) is 6.19. The molecule has 3 atom stereocenters. The molecule has 0 saturated heterocycles. The number of allylic oxidation sites excluding steroid dienone is 2. The summed E-state index contributed by atoms with van der Waals surface area (Å²) in [5.74, 6) is 1.33. The van der Waals surface area contributed by atoms with E-state index in [9.17, 15) is 0 Å². The van der Waals surface area contributed by atoms with E-state index in [-0.39, 0.29) is 0 Å². The van der Waals surface area contributed by atoms with E-state index in [4.69, 9.17) is 19.9 Å². The fourth-order valence-corrected chi connectivity index (χ4v) is 5.43. The van der Waals surface area contributed by atoms with Gasteiger partial charge in [-0.1, -0.05) is 23.2 Å². The van der Waals surface area contributed by atoms with E-state index in [1.807, 2.05) is 0 Å². The summed E-state index contributed by atoms with van der Waals surface area (Å²) in [7, 11) is 0.933. The van der Waals surface area contributed by atoms with Gasteiger partial charge in [0.15, 0.2) is 0 Å². The third-order valence-corrected chi connectivity index (χ3v) is 7.71. The lowest BCUT2D eigenvalue weighted by molar-refractivity contribution is 0.246. The molecular weight excluding hydrogens is 204 g/mol. The lowest BCUT2D eigenvalue weighted by atomic mass is 10.1.